The van der Waals surface area contributed by atoms with Crippen molar-refractivity contribution in [2.75, 3.05) is 26.2 Å². The fraction of sp³-hybridized carbons (Fsp3) is 0.556. The number of hydrogen-bond acceptors (Lipinski definition) is 5. The Hall–Kier alpha value is -0.180. The highest BCUT2D eigenvalue weighted by atomic mass is 35.5. The first-order valence-corrected chi connectivity index (χ1v) is 7.74. The quantitative estimate of drug-likeness (QED) is 0.893. The van der Waals surface area contributed by atoms with Crippen LogP contribution in [-0.4, -0.2) is 45.1 Å². The molecule has 0 saturated carbocycles. The lowest BCUT2D eigenvalue weighted by Crippen LogP contribution is -2.47. The second-order valence-electron chi connectivity index (χ2n) is 3.65. The van der Waals surface area contributed by atoms with Crippen molar-refractivity contribution in [3.63, 3.8) is 0 Å². The fourth-order valence-electron chi connectivity index (χ4n) is 1.62. The summed E-state index contributed by atoms with van der Waals surface area (Å²) in [5, 5.41) is 0. The zero-order valence-corrected chi connectivity index (χ0v) is 11.4. The molecule has 0 aliphatic carbocycles. The van der Waals surface area contributed by atoms with Crippen LogP contribution >= 0.6 is 22.9 Å². The smallest absolute Gasteiger partial charge is 0.252 e. The molecule has 1 saturated heterocycles. The van der Waals surface area contributed by atoms with Crippen molar-refractivity contribution >= 4 is 33.0 Å². The predicted molar refractivity (Wildman–Crippen MR) is 66.9 cm³/mol. The summed E-state index contributed by atoms with van der Waals surface area (Å²) in [5.74, 6) is 0. The van der Waals surface area contributed by atoms with Crippen molar-refractivity contribution in [2.24, 2.45) is 5.73 Å². The van der Waals surface area contributed by atoms with Crippen molar-refractivity contribution in [3.05, 3.63) is 16.5 Å². The molecule has 1 aliphatic rings. The van der Waals surface area contributed by atoms with Gasteiger partial charge in [0.2, 0.25) is 0 Å². The minimum atomic E-state index is -3.45. The van der Waals surface area contributed by atoms with E-state index in [0.717, 1.165) is 11.3 Å². The Morgan fingerprint density at radius 2 is 2.35 bits per heavy atom. The maximum atomic E-state index is 12.2. The van der Waals surface area contributed by atoms with E-state index in [2.05, 4.69) is 0 Å². The predicted octanol–water partition coefficient (Wildman–Crippen LogP) is 0.750. The van der Waals surface area contributed by atoms with Crippen LogP contribution in [0.25, 0.3) is 0 Å². The normalized spacial score (nSPS) is 22.8. The van der Waals surface area contributed by atoms with Gasteiger partial charge in [-0.15, -0.1) is 11.3 Å². The third-order valence-electron chi connectivity index (χ3n) is 2.51. The highest BCUT2D eigenvalue weighted by molar-refractivity contribution is 7.91. The van der Waals surface area contributed by atoms with Crippen LogP contribution < -0.4 is 5.73 Å². The Kier molecular flexibility index (Phi) is 4.06. The summed E-state index contributed by atoms with van der Waals surface area (Å²) in [6.45, 7) is 1.35. The van der Waals surface area contributed by atoms with Gasteiger partial charge < -0.3 is 10.5 Å². The Labute approximate surface area is 109 Å². The van der Waals surface area contributed by atoms with E-state index in [1.54, 1.807) is 6.07 Å². The van der Waals surface area contributed by atoms with E-state index in [1.807, 2.05) is 0 Å². The number of halogens is 1. The molecule has 1 aromatic heterocycles. The highest BCUT2D eigenvalue weighted by Gasteiger charge is 2.31. The molecule has 8 heteroatoms. The van der Waals surface area contributed by atoms with Crippen molar-refractivity contribution in [1.82, 2.24) is 4.31 Å². The third kappa shape index (κ3) is 2.81. The summed E-state index contributed by atoms with van der Waals surface area (Å²) < 4.78 is 32.0. The zero-order chi connectivity index (χ0) is 12.5. The summed E-state index contributed by atoms with van der Waals surface area (Å²) in [6.07, 6.45) is -0.228. The first kappa shape index (κ1) is 13.3. The van der Waals surface area contributed by atoms with Gasteiger partial charge in [0.1, 0.15) is 4.21 Å². The van der Waals surface area contributed by atoms with Crippen LogP contribution in [0.5, 0.6) is 0 Å². The molecular weight excluding hydrogens is 284 g/mol. The van der Waals surface area contributed by atoms with Crippen LogP contribution in [0.15, 0.2) is 16.3 Å². The molecule has 1 atom stereocenters. The maximum absolute atomic E-state index is 12.2. The summed E-state index contributed by atoms with van der Waals surface area (Å²) in [6, 6.07) is 3.11. The Morgan fingerprint density at radius 1 is 1.59 bits per heavy atom. The number of nitrogens with two attached hydrogens (primary N) is 1. The molecule has 0 amide bonds. The number of sulfonamides is 1. The third-order valence-corrected chi connectivity index (χ3v) is 6.07. The van der Waals surface area contributed by atoms with Gasteiger partial charge in [-0.2, -0.15) is 4.31 Å². The first-order chi connectivity index (χ1) is 8.04. The zero-order valence-electron chi connectivity index (χ0n) is 9.00. The highest BCUT2D eigenvalue weighted by Crippen LogP contribution is 2.28. The molecule has 5 nitrogen and oxygen atoms in total. The summed E-state index contributed by atoms with van der Waals surface area (Å²) in [5.41, 5.74) is 5.49. The Balaban J connectivity index is 2.21. The molecule has 0 aromatic carbocycles. The van der Waals surface area contributed by atoms with Gasteiger partial charge in [0.25, 0.3) is 10.0 Å². The monoisotopic (exact) mass is 296 g/mol. The second kappa shape index (κ2) is 5.21. The van der Waals surface area contributed by atoms with Gasteiger partial charge >= 0.3 is 0 Å². The second-order valence-corrected chi connectivity index (χ2v) is 7.53. The number of hydrogen-bond donors (Lipinski definition) is 1. The molecule has 1 aromatic rings. The minimum absolute atomic E-state index is 0.228. The van der Waals surface area contributed by atoms with Crippen molar-refractivity contribution in [3.8, 4) is 0 Å². The van der Waals surface area contributed by atoms with Gasteiger partial charge in [-0.25, -0.2) is 8.42 Å². The standard InChI is InChI=1S/C9H13ClN2O3S2/c10-8-1-2-9(16-8)17(13,14)12-3-4-15-7(5-11)6-12/h1-2,7H,3-6,11H2/t7-/m1/s1. The molecule has 2 heterocycles. The molecule has 0 bridgehead atoms. The van der Waals surface area contributed by atoms with E-state index < -0.39 is 10.0 Å². The van der Waals surface area contributed by atoms with Crippen molar-refractivity contribution in [1.29, 1.82) is 0 Å². The van der Waals surface area contributed by atoms with Crippen LogP contribution in [-0.2, 0) is 14.8 Å². The van der Waals surface area contributed by atoms with E-state index in [9.17, 15) is 8.42 Å². The van der Waals surface area contributed by atoms with Gasteiger partial charge in [0.05, 0.1) is 17.0 Å². The number of morpholine rings is 1. The number of thiophene rings is 1. The minimum Gasteiger partial charge on any atom is -0.374 e. The van der Waals surface area contributed by atoms with E-state index >= 15 is 0 Å². The maximum Gasteiger partial charge on any atom is 0.252 e. The molecule has 96 valence electrons. The molecule has 2 rings (SSSR count). The van der Waals surface area contributed by atoms with E-state index in [-0.39, 0.29) is 10.3 Å². The van der Waals surface area contributed by atoms with Gasteiger partial charge in [-0.3, -0.25) is 0 Å². The summed E-state index contributed by atoms with van der Waals surface area (Å²) in [7, 11) is -3.45. The van der Waals surface area contributed by atoms with E-state index in [1.165, 1.54) is 10.4 Å². The summed E-state index contributed by atoms with van der Waals surface area (Å²) in [4.78, 5) is 0. The molecular formula is C9H13ClN2O3S2. The molecule has 2 N–H and O–H groups in total. The van der Waals surface area contributed by atoms with E-state index in [4.69, 9.17) is 22.1 Å². The lowest BCUT2D eigenvalue weighted by Gasteiger charge is -2.31. The SMILES string of the molecule is NC[C@@H]1CN(S(=O)(=O)c2ccc(Cl)s2)CCO1. The van der Waals surface area contributed by atoms with Gasteiger partial charge in [-0.1, -0.05) is 11.6 Å². The molecule has 0 unspecified atom stereocenters. The van der Waals surface area contributed by atoms with Crippen molar-refractivity contribution in [2.45, 2.75) is 10.3 Å². The average Bonchev–Trinajstić information content (AvgIpc) is 2.76. The molecule has 1 fully saturated rings. The van der Waals surface area contributed by atoms with Crippen LogP contribution in [0.2, 0.25) is 4.34 Å². The summed E-state index contributed by atoms with van der Waals surface area (Å²) >= 11 is 6.81. The molecule has 17 heavy (non-hydrogen) atoms. The van der Waals surface area contributed by atoms with Gasteiger partial charge in [0, 0.05) is 19.6 Å². The van der Waals surface area contributed by atoms with Crippen LogP contribution in [0, 0.1) is 0 Å². The van der Waals surface area contributed by atoms with E-state index in [0.29, 0.717) is 30.6 Å². The largest absolute Gasteiger partial charge is 0.374 e. The average molecular weight is 297 g/mol. The van der Waals surface area contributed by atoms with Gasteiger partial charge in [-0.05, 0) is 12.1 Å². The van der Waals surface area contributed by atoms with Crippen molar-refractivity contribution < 1.29 is 13.2 Å². The lowest BCUT2D eigenvalue weighted by atomic mass is 10.3. The van der Waals surface area contributed by atoms with Crippen LogP contribution in [0.1, 0.15) is 0 Å². The van der Waals surface area contributed by atoms with Crippen LogP contribution in [0.3, 0.4) is 0 Å². The van der Waals surface area contributed by atoms with Gasteiger partial charge in [0.15, 0.2) is 0 Å². The number of ether oxygens (including phenoxy) is 1. The topological polar surface area (TPSA) is 72.6 Å². The number of rotatable bonds is 3. The lowest BCUT2D eigenvalue weighted by molar-refractivity contribution is 0.00456. The molecule has 0 spiro atoms. The first-order valence-electron chi connectivity index (χ1n) is 5.11. The fourth-order valence-corrected chi connectivity index (χ4v) is 4.71. The molecule has 1 aliphatic heterocycles. The Bertz CT molecular complexity index is 488. The Morgan fingerprint density at radius 3 is 2.94 bits per heavy atom. The number of nitrogens with zero attached hydrogens (tertiary/aromatic N) is 1. The molecule has 0 radical (unpaired) electrons. The van der Waals surface area contributed by atoms with Crippen LogP contribution in [0.4, 0.5) is 0 Å².